The number of imidazole rings is 1. The van der Waals surface area contributed by atoms with E-state index in [0.717, 1.165) is 65.8 Å². The molecule has 0 aliphatic carbocycles. The first-order valence-corrected chi connectivity index (χ1v) is 13.4. The van der Waals surface area contributed by atoms with Gasteiger partial charge in [0, 0.05) is 30.9 Å². The molecule has 10 heteroatoms. The first kappa shape index (κ1) is 23.0. The molecule has 184 valence electrons. The van der Waals surface area contributed by atoms with Crippen molar-refractivity contribution in [3.63, 3.8) is 0 Å². The van der Waals surface area contributed by atoms with Crippen LogP contribution in [0, 0.1) is 5.92 Å². The lowest BCUT2D eigenvalue weighted by atomic mass is 9.90. The van der Waals surface area contributed by atoms with Gasteiger partial charge in [-0.2, -0.15) is 0 Å². The Morgan fingerprint density at radius 3 is 2.86 bits per heavy atom. The number of hydrogen-bond acceptors (Lipinski definition) is 8. The van der Waals surface area contributed by atoms with Gasteiger partial charge in [-0.3, -0.25) is 0 Å². The standard InChI is InChI=1S/C26H29BN6O2S/c1-3-16-9-18(7-6-17-5-4-8-32(14-17)24-28-12-19(27)13-29-24)20-11-23(35-22(20)10-16)21-15-33-25(30-21)36-26(31-33)34-2/h9-13,15,17H,3-8,14,27H2,1-2H3. The third kappa shape index (κ3) is 4.45. The lowest BCUT2D eigenvalue weighted by molar-refractivity contribution is 0.388. The van der Waals surface area contributed by atoms with Crippen molar-refractivity contribution in [2.75, 3.05) is 25.1 Å². The van der Waals surface area contributed by atoms with Crippen molar-refractivity contribution in [3.05, 3.63) is 47.9 Å². The molecule has 4 aromatic heterocycles. The summed E-state index contributed by atoms with van der Waals surface area (Å²) in [6, 6.07) is 6.66. The fourth-order valence-electron chi connectivity index (χ4n) is 5.09. The Morgan fingerprint density at radius 2 is 2.08 bits per heavy atom. The quantitative estimate of drug-likeness (QED) is 0.316. The van der Waals surface area contributed by atoms with Crippen molar-refractivity contribution in [1.82, 2.24) is 24.6 Å². The average Bonchev–Trinajstić information content (AvgIpc) is 3.60. The summed E-state index contributed by atoms with van der Waals surface area (Å²) in [5, 5.41) is 6.16. The van der Waals surface area contributed by atoms with E-state index >= 15 is 0 Å². The molecule has 1 atom stereocenters. The summed E-state index contributed by atoms with van der Waals surface area (Å²) in [5.41, 5.74) is 5.47. The summed E-state index contributed by atoms with van der Waals surface area (Å²) in [5.74, 6) is 2.25. The third-order valence-electron chi connectivity index (χ3n) is 7.03. The lowest BCUT2D eigenvalue weighted by Crippen LogP contribution is -2.37. The molecule has 1 aromatic carbocycles. The zero-order valence-electron chi connectivity index (χ0n) is 20.9. The Labute approximate surface area is 214 Å². The van der Waals surface area contributed by atoms with Crippen molar-refractivity contribution in [2.45, 2.75) is 39.0 Å². The molecule has 36 heavy (non-hydrogen) atoms. The van der Waals surface area contributed by atoms with Crippen molar-refractivity contribution >= 4 is 46.5 Å². The molecule has 0 spiro atoms. The van der Waals surface area contributed by atoms with Crippen LogP contribution in [0.5, 0.6) is 5.19 Å². The van der Waals surface area contributed by atoms with Crippen LogP contribution < -0.4 is 15.1 Å². The zero-order valence-corrected chi connectivity index (χ0v) is 21.7. The van der Waals surface area contributed by atoms with Crippen LogP contribution in [0.2, 0.25) is 0 Å². The minimum atomic E-state index is 0.596. The molecule has 1 unspecified atom stereocenters. The topological polar surface area (TPSA) is 81.6 Å². The second kappa shape index (κ2) is 9.57. The van der Waals surface area contributed by atoms with Gasteiger partial charge in [0.1, 0.15) is 19.1 Å². The van der Waals surface area contributed by atoms with Gasteiger partial charge in [0.25, 0.3) is 5.19 Å². The molecule has 0 radical (unpaired) electrons. The predicted molar refractivity (Wildman–Crippen MR) is 145 cm³/mol. The summed E-state index contributed by atoms with van der Waals surface area (Å²) in [6.45, 7) is 4.24. The van der Waals surface area contributed by atoms with Gasteiger partial charge in [0.05, 0.1) is 13.3 Å². The summed E-state index contributed by atoms with van der Waals surface area (Å²) in [4.78, 5) is 17.0. The number of aromatic nitrogens is 5. The summed E-state index contributed by atoms with van der Waals surface area (Å²) in [6.07, 6.45) is 11.3. The van der Waals surface area contributed by atoms with E-state index in [2.05, 4.69) is 45.1 Å². The van der Waals surface area contributed by atoms with Crippen LogP contribution in [0.4, 0.5) is 5.95 Å². The second-order valence-corrected chi connectivity index (χ2v) is 10.5. The Balaban J connectivity index is 1.23. The van der Waals surface area contributed by atoms with Gasteiger partial charge in [-0.15, -0.1) is 5.10 Å². The monoisotopic (exact) mass is 500 g/mol. The van der Waals surface area contributed by atoms with Crippen LogP contribution in [0.25, 0.3) is 27.4 Å². The normalized spacial score (nSPS) is 16.3. The van der Waals surface area contributed by atoms with E-state index in [4.69, 9.17) is 14.1 Å². The SMILES string of the molecule is Bc1cnc(N2CCCC(CCc3cc(CC)cc4oc(-c5cn6nc(OC)sc6n5)cc34)C2)nc1. The minimum absolute atomic E-state index is 0.596. The number of aryl methyl sites for hydroxylation is 2. The number of methoxy groups -OCH3 is 1. The van der Waals surface area contributed by atoms with Gasteiger partial charge in [0.2, 0.25) is 10.9 Å². The molecule has 1 aliphatic heterocycles. The average molecular weight is 500 g/mol. The van der Waals surface area contributed by atoms with E-state index in [1.807, 2.05) is 26.4 Å². The van der Waals surface area contributed by atoms with Gasteiger partial charge >= 0.3 is 0 Å². The number of anilines is 1. The Hall–Kier alpha value is -3.40. The fraction of sp³-hybridized carbons (Fsp3) is 0.385. The number of benzene rings is 1. The van der Waals surface area contributed by atoms with E-state index in [0.29, 0.717) is 11.1 Å². The number of ether oxygens (including phenoxy) is 1. The number of piperidine rings is 1. The highest BCUT2D eigenvalue weighted by Gasteiger charge is 2.22. The van der Waals surface area contributed by atoms with Crippen LogP contribution in [-0.4, -0.2) is 52.6 Å². The number of nitrogens with zero attached hydrogens (tertiary/aromatic N) is 6. The van der Waals surface area contributed by atoms with Gasteiger partial charge < -0.3 is 14.1 Å². The molecular weight excluding hydrogens is 471 g/mol. The largest absolute Gasteiger partial charge is 0.472 e. The van der Waals surface area contributed by atoms with E-state index in [-0.39, 0.29) is 0 Å². The number of rotatable bonds is 7. The Kier molecular flexibility index (Phi) is 6.13. The summed E-state index contributed by atoms with van der Waals surface area (Å²) >= 11 is 1.42. The summed E-state index contributed by atoms with van der Waals surface area (Å²) in [7, 11) is 3.64. The van der Waals surface area contributed by atoms with Crippen molar-refractivity contribution in [1.29, 1.82) is 0 Å². The van der Waals surface area contributed by atoms with E-state index in [1.54, 1.807) is 11.6 Å². The number of fused-ring (bicyclic) bond motifs is 2. The molecule has 5 aromatic rings. The second-order valence-electron chi connectivity index (χ2n) is 9.61. The maximum atomic E-state index is 6.31. The maximum absolute atomic E-state index is 6.31. The smallest absolute Gasteiger partial charge is 0.294 e. The molecule has 5 heterocycles. The van der Waals surface area contributed by atoms with Crippen LogP contribution in [0.15, 0.2) is 41.2 Å². The molecule has 0 saturated carbocycles. The molecule has 1 aliphatic rings. The molecule has 1 saturated heterocycles. The molecule has 1 fully saturated rings. The Morgan fingerprint density at radius 1 is 1.22 bits per heavy atom. The highest BCUT2D eigenvalue weighted by Crippen LogP contribution is 2.34. The fourth-order valence-corrected chi connectivity index (χ4v) is 5.79. The first-order chi connectivity index (χ1) is 17.6. The van der Waals surface area contributed by atoms with Crippen LogP contribution in [0.3, 0.4) is 0 Å². The van der Waals surface area contributed by atoms with Gasteiger partial charge in [-0.05, 0) is 72.6 Å². The van der Waals surface area contributed by atoms with E-state index in [1.165, 1.54) is 40.7 Å². The van der Waals surface area contributed by atoms with Crippen molar-refractivity contribution < 1.29 is 9.15 Å². The van der Waals surface area contributed by atoms with E-state index in [9.17, 15) is 0 Å². The van der Waals surface area contributed by atoms with Crippen LogP contribution >= 0.6 is 11.3 Å². The number of furan rings is 1. The van der Waals surface area contributed by atoms with Gasteiger partial charge in [-0.25, -0.2) is 19.5 Å². The third-order valence-corrected chi connectivity index (χ3v) is 7.92. The highest BCUT2D eigenvalue weighted by atomic mass is 32.1. The van der Waals surface area contributed by atoms with Gasteiger partial charge in [0.15, 0.2) is 5.76 Å². The molecule has 0 N–H and O–H groups in total. The zero-order chi connectivity index (χ0) is 24.6. The first-order valence-electron chi connectivity index (χ1n) is 12.6. The molecule has 0 amide bonds. The molecule has 6 rings (SSSR count). The van der Waals surface area contributed by atoms with Crippen molar-refractivity contribution in [3.8, 4) is 16.6 Å². The predicted octanol–water partition coefficient (Wildman–Crippen LogP) is 3.67. The van der Waals surface area contributed by atoms with Crippen molar-refractivity contribution in [2.24, 2.45) is 5.92 Å². The van der Waals surface area contributed by atoms with Crippen LogP contribution in [-0.2, 0) is 12.8 Å². The molecule has 0 bridgehead atoms. The molecular formula is C26H29BN6O2S. The summed E-state index contributed by atoms with van der Waals surface area (Å²) < 4.78 is 13.3. The lowest BCUT2D eigenvalue weighted by Gasteiger charge is -2.32. The Bertz CT molecular complexity index is 1480. The van der Waals surface area contributed by atoms with Crippen LogP contribution in [0.1, 0.15) is 37.3 Å². The molecule has 8 nitrogen and oxygen atoms in total. The highest BCUT2D eigenvalue weighted by molar-refractivity contribution is 7.18. The van der Waals surface area contributed by atoms with E-state index < -0.39 is 0 Å². The number of hydrogen-bond donors (Lipinski definition) is 0. The maximum Gasteiger partial charge on any atom is 0.294 e. The van der Waals surface area contributed by atoms with Gasteiger partial charge in [-0.1, -0.05) is 18.5 Å². The minimum Gasteiger partial charge on any atom is -0.472 e.